The standard InChI is InChI=1S/C35H3F6N9/c36-24-2-17(32(38)34(40)20(24)9-47)30-19(8-46)15-1-16-26(13(4-42)5-43)31(18-3-25(37)21(10-48)35(41)33(18)39)23(12-50)28(16)22(11-49)29(15)27(30)14(6-44)7-45/h1-3H. The van der Waals surface area contributed by atoms with Crippen LogP contribution in [0.1, 0.15) is 50.1 Å². The predicted octanol–water partition coefficient (Wildman–Crippen LogP) is 6.63. The highest BCUT2D eigenvalue weighted by atomic mass is 19.2. The Morgan fingerprint density at radius 3 is 1.22 bits per heavy atom. The second kappa shape index (κ2) is 12.1. The fraction of sp³-hybridized carbons (Fsp3) is 0. The summed E-state index contributed by atoms with van der Waals surface area (Å²) in [6.07, 6.45) is 0. The zero-order valence-corrected chi connectivity index (χ0v) is 24.0. The molecule has 0 atom stereocenters. The van der Waals surface area contributed by atoms with Gasteiger partial charge in [0, 0.05) is 50.1 Å². The van der Waals surface area contributed by atoms with Gasteiger partial charge in [-0.05, 0) is 23.8 Å². The first-order chi connectivity index (χ1) is 24.0. The van der Waals surface area contributed by atoms with Crippen molar-refractivity contribution in [2.24, 2.45) is 0 Å². The molecule has 0 aliphatic heterocycles. The second-order valence-electron chi connectivity index (χ2n) is 9.92. The minimum Gasteiger partial charge on any atom is -0.205 e. The molecule has 50 heavy (non-hydrogen) atoms. The molecule has 2 aliphatic carbocycles. The van der Waals surface area contributed by atoms with Crippen molar-refractivity contribution in [3.63, 3.8) is 0 Å². The minimum absolute atomic E-state index is 0.311. The van der Waals surface area contributed by atoms with Gasteiger partial charge in [-0.25, -0.2) is 26.3 Å². The van der Waals surface area contributed by atoms with Crippen molar-refractivity contribution in [1.29, 1.82) is 47.4 Å². The van der Waals surface area contributed by atoms with Crippen LogP contribution in [-0.2, 0) is 0 Å². The number of hydrogen-bond acceptors (Lipinski definition) is 9. The number of fused-ring (bicyclic) bond motifs is 2. The molecule has 0 N–H and O–H groups in total. The Labute approximate surface area is 276 Å². The lowest BCUT2D eigenvalue weighted by Crippen LogP contribution is -2.03. The zero-order chi connectivity index (χ0) is 36.8. The van der Waals surface area contributed by atoms with Gasteiger partial charge in [-0.2, -0.15) is 47.4 Å². The molecule has 0 saturated heterocycles. The Morgan fingerprint density at radius 2 is 0.820 bits per heavy atom. The largest absolute Gasteiger partial charge is 0.205 e. The summed E-state index contributed by atoms with van der Waals surface area (Å²) in [5.41, 5.74) is -14.0. The van der Waals surface area contributed by atoms with Crippen LogP contribution in [0.3, 0.4) is 0 Å². The number of allylic oxidation sites excluding steroid dienone is 8. The lowest BCUT2D eigenvalue weighted by Gasteiger charge is -2.14. The van der Waals surface area contributed by atoms with Gasteiger partial charge < -0.3 is 0 Å². The molecule has 3 aromatic carbocycles. The molecule has 0 fully saturated rings. The molecule has 9 nitrogen and oxygen atoms in total. The van der Waals surface area contributed by atoms with Gasteiger partial charge in [-0.1, -0.05) is 0 Å². The monoisotopic (exact) mass is 663 g/mol. The van der Waals surface area contributed by atoms with Crippen LogP contribution in [0.25, 0.3) is 33.4 Å². The normalized spacial score (nSPS) is 12.2. The van der Waals surface area contributed by atoms with E-state index in [-0.39, 0.29) is 0 Å². The summed E-state index contributed by atoms with van der Waals surface area (Å²) in [4.78, 5) is 0. The first-order valence-corrected chi connectivity index (χ1v) is 13.1. The predicted molar refractivity (Wildman–Crippen MR) is 154 cm³/mol. The van der Waals surface area contributed by atoms with Gasteiger partial charge in [0.25, 0.3) is 0 Å². The number of hydrogen-bond donors (Lipinski definition) is 0. The summed E-state index contributed by atoms with van der Waals surface area (Å²) in [6, 6.07) is 14.7. The lowest BCUT2D eigenvalue weighted by molar-refractivity contribution is 0.489. The van der Waals surface area contributed by atoms with E-state index in [1.165, 1.54) is 24.3 Å². The number of nitriles is 9. The van der Waals surface area contributed by atoms with E-state index in [4.69, 9.17) is 10.5 Å². The van der Waals surface area contributed by atoms with Crippen molar-refractivity contribution in [3.05, 3.63) is 114 Å². The lowest BCUT2D eigenvalue weighted by atomic mass is 9.86. The maximum absolute atomic E-state index is 15.5. The highest BCUT2D eigenvalue weighted by Gasteiger charge is 2.42. The van der Waals surface area contributed by atoms with E-state index in [1.807, 2.05) is 0 Å². The molecule has 2 aliphatic rings. The zero-order valence-electron chi connectivity index (χ0n) is 24.0. The Balaban J connectivity index is 2.07. The molecule has 3 aromatic rings. The van der Waals surface area contributed by atoms with E-state index in [9.17, 15) is 54.4 Å². The number of rotatable bonds is 2. The molecule has 0 amide bonds. The molecular weight excluding hydrogens is 660 g/mol. The van der Waals surface area contributed by atoms with E-state index in [1.54, 1.807) is 18.2 Å². The molecule has 0 heterocycles. The van der Waals surface area contributed by atoms with E-state index >= 15 is 8.78 Å². The number of benzene rings is 3. The van der Waals surface area contributed by atoms with E-state index in [0.29, 0.717) is 12.1 Å². The van der Waals surface area contributed by atoms with Gasteiger partial charge in [0.05, 0.1) is 16.7 Å². The van der Waals surface area contributed by atoms with E-state index in [0.717, 1.165) is 18.2 Å². The number of halogens is 6. The highest BCUT2D eigenvalue weighted by molar-refractivity contribution is 6.31. The van der Waals surface area contributed by atoms with E-state index < -0.39 is 130 Å². The van der Waals surface area contributed by atoms with Crippen molar-refractivity contribution in [2.45, 2.75) is 0 Å². The van der Waals surface area contributed by atoms with Gasteiger partial charge in [-0.3, -0.25) is 0 Å². The average Bonchev–Trinajstić information content (AvgIpc) is 3.61. The van der Waals surface area contributed by atoms with E-state index in [2.05, 4.69) is 0 Å². The fourth-order valence-corrected chi connectivity index (χ4v) is 5.79. The van der Waals surface area contributed by atoms with Crippen LogP contribution in [-0.4, -0.2) is 0 Å². The van der Waals surface area contributed by atoms with Crippen LogP contribution in [0.4, 0.5) is 26.3 Å². The van der Waals surface area contributed by atoms with Gasteiger partial charge in [-0.15, -0.1) is 0 Å². The highest BCUT2D eigenvalue weighted by Crippen LogP contribution is 2.56. The average molecular weight is 663 g/mol. The molecule has 0 bridgehead atoms. The Kier molecular flexibility index (Phi) is 7.97. The summed E-state index contributed by atoms with van der Waals surface area (Å²) >= 11 is 0. The molecule has 0 unspecified atom stereocenters. The SMILES string of the molecule is N#CC(C#N)=C1C(c2cc(F)c(C#N)c(F)c2F)=C(C#N)c2c1cc1c(c2C#N)C(=C(C#N)C#N)C(c2cc(F)c(C#N)c(F)c2F)=C1C#N. The summed E-state index contributed by atoms with van der Waals surface area (Å²) < 4.78 is 90.5. The summed E-state index contributed by atoms with van der Waals surface area (Å²) in [6.45, 7) is 0. The maximum atomic E-state index is 15.5. The Bertz CT molecular complexity index is 2730. The quantitative estimate of drug-likeness (QED) is 0.163. The number of nitrogens with zero attached hydrogens (tertiary/aromatic N) is 9. The Morgan fingerprint density at radius 1 is 0.400 bits per heavy atom. The summed E-state index contributed by atoms with van der Waals surface area (Å²) in [5.74, 6) is -11.0. The molecule has 0 spiro atoms. The molecular formula is C35H3F6N9. The van der Waals surface area contributed by atoms with Gasteiger partial charge in [0.2, 0.25) is 0 Å². The van der Waals surface area contributed by atoms with Crippen molar-refractivity contribution >= 4 is 33.4 Å². The molecule has 230 valence electrons. The van der Waals surface area contributed by atoms with Crippen LogP contribution < -0.4 is 0 Å². The summed E-state index contributed by atoms with van der Waals surface area (Å²) in [5, 5.41) is 88.7. The first kappa shape index (κ1) is 33.0. The fourth-order valence-electron chi connectivity index (χ4n) is 5.79. The molecule has 0 saturated carbocycles. The van der Waals surface area contributed by atoms with Crippen LogP contribution in [0, 0.1) is 137 Å². The van der Waals surface area contributed by atoms with Crippen molar-refractivity contribution in [2.75, 3.05) is 0 Å². The smallest absolute Gasteiger partial charge is 0.180 e. The van der Waals surface area contributed by atoms with Crippen LogP contribution >= 0.6 is 0 Å². The minimum atomic E-state index is -2.00. The summed E-state index contributed by atoms with van der Waals surface area (Å²) in [7, 11) is 0. The van der Waals surface area contributed by atoms with Crippen LogP contribution in [0.2, 0.25) is 0 Å². The van der Waals surface area contributed by atoms with Crippen LogP contribution in [0.5, 0.6) is 0 Å². The van der Waals surface area contributed by atoms with Gasteiger partial charge in [0.15, 0.2) is 23.3 Å². The maximum Gasteiger partial charge on any atom is 0.180 e. The van der Waals surface area contributed by atoms with Crippen molar-refractivity contribution in [1.82, 2.24) is 0 Å². The van der Waals surface area contributed by atoms with Crippen molar-refractivity contribution in [3.8, 4) is 54.6 Å². The third-order valence-corrected chi connectivity index (χ3v) is 7.73. The van der Waals surface area contributed by atoms with Gasteiger partial charge >= 0.3 is 0 Å². The van der Waals surface area contributed by atoms with Crippen LogP contribution in [0.15, 0.2) is 29.3 Å². The third-order valence-electron chi connectivity index (χ3n) is 7.73. The first-order valence-electron chi connectivity index (χ1n) is 13.1. The second-order valence-corrected chi connectivity index (χ2v) is 9.92. The topological polar surface area (TPSA) is 214 Å². The van der Waals surface area contributed by atoms with Crippen molar-refractivity contribution < 1.29 is 26.3 Å². The molecule has 15 heteroatoms. The van der Waals surface area contributed by atoms with Gasteiger partial charge in [0.1, 0.15) is 88.5 Å². The Hall–Kier alpha value is -8.39. The molecule has 0 radical (unpaired) electrons. The molecule has 5 rings (SSSR count). The third kappa shape index (κ3) is 4.27. The molecule has 0 aromatic heterocycles.